The fraction of sp³-hybridized carbons (Fsp3) is 0.320. The Labute approximate surface area is 193 Å². The lowest BCUT2D eigenvalue weighted by molar-refractivity contribution is -0.115. The van der Waals surface area contributed by atoms with Gasteiger partial charge in [-0.15, -0.1) is 0 Å². The lowest BCUT2D eigenvalue weighted by Crippen LogP contribution is -2.16. The first kappa shape index (κ1) is 22.9. The van der Waals surface area contributed by atoms with Gasteiger partial charge in [0.25, 0.3) is 0 Å². The summed E-state index contributed by atoms with van der Waals surface area (Å²) in [6, 6.07) is 14.1. The maximum atomic E-state index is 13.9. The number of fused-ring (bicyclic) bond motifs is 2. The van der Waals surface area contributed by atoms with Gasteiger partial charge >= 0.3 is 0 Å². The Morgan fingerprint density at radius 1 is 0.970 bits per heavy atom. The molecule has 0 aliphatic rings. The molecule has 0 radical (unpaired) electrons. The minimum atomic E-state index is -3.98. The topological polar surface area (TPSA) is 94.0 Å². The van der Waals surface area contributed by atoms with Gasteiger partial charge in [0.2, 0.25) is 15.7 Å². The number of para-hydroxylation sites is 2. The van der Waals surface area contributed by atoms with E-state index in [9.17, 15) is 13.2 Å². The first-order valence-electron chi connectivity index (χ1n) is 11.3. The van der Waals surface area contributed by atoms with Gasteiger partial charge in [-0.25, -0.2) is 18.4 Å². The van der Waals surface area contributed by atoms with Crippen LogP contribution in [0.4, 0.5) is 5.82 Å². The van der Waals surface area contributed by atoms with Crippen molar-refractivity contribution in [2.45, 2.75) is 62.8 Å². The average molecular weight is 465 g/mol. The molecule has 0 bridgehead atoms. The van der Waals surface area contributed by atoms with Crippen molar-refractivity contribution in [1.82, 2.24) is 14.5 Å². The SMILES string of the molecule is CCCCCn1c(NC(=O)CC)c(S(=O)(=O)c2ccc(C)cc2)c2nc3ccccc3nc21. The van der Waals surface area contributed by atoms with E-state index in [1.807, 2.05) is 31.2 Å². The number of sulfone groups is 1. The van der Waals surface area contributed by atoms with E-state index in [1.165, 1.54) is 0 Å². The molecule has 4 aromatic rings. The van der Waals surface area contributed by atoms with Gasteiger partial charge in [-0.3, -0.25) is 4.79 Å². The molecule has 0 unspecified atom stereocenters. The van der Waals surface area contributed by atoms with Crippen LogP contribution in [0, 0.1) is 6.92 Å². The molecule has 7 nitrogen and oxygen atoms in total. The van der Waals surface area contributed by atoms with E-state index in [0.29, 0.717) is 23.2 Å². The molecule has 1 amide bonds. The number of aromatic nitrogens is 3. The molecule has 0 aliphatic heterocycles. The van der Waals surface area contributed by atoms with E-state index >= 15 is 0 Å². The number of hydrogen-bond donors (Lipinski definition) is 1. The summed E-state index contributed by atoms with van der Waals surface area (Å²) < 4.78 is 29.6. The van der Waals surface area contributed by atoms with Crippen LogP contribution in [0.2, 0.25) is 0 Å². The predicted molar refractivity (Wildman–Crippen MR) is 130 cm³/mol. The Hall–Kier alpha value is -3.26. The van der Waals surface area contributed by atoms with E-state index < -0.39 is 9.84 Å². The van der Waals surface area contributed by atoms with E-state index in [4.69, 9.17) is 9.97 Å². The van der Waals surface area contributed by atoms with Crippen LogP contribution in [0.25, 0.3) is 22.2 Å². The van der Waals surface area contributed by atoms with Gasteiger partial charge in [0.05, 0.1) is 15.9 Å². The molecule has 4 rings (SSSR count). The normalized spacial score (nSPS) is 11.8. The Morgan fingerprint density at radius 3 is 2.27 bits per heavy atom. The number of unbranched alkanes of at least 4 members (excludes halogenated alkanes) is 2. The van der Waals surface area contributed by atoms with E-state index in [1.54, 1.807) is 35.8 Å². The van der Waals surface area contributed by atoms with Crippen molar-refractivity contribution in [3.8, 4) is 0 Å². The highest BCUT2D eigenvalue weighted by atomic mass is 32.2. The summed E-state index contributed by atoms with van der Waals surface area (Å²) in [5, 5.41) is 2.85. The molecule has 33 heavy (non-hydrogen) atoms. The highest BCUT2D eigenvalue weighted by Gasteiger charge is 2.32. The van der Waals surface area contributed by atoms with Crippen LogP contribution in [-0.4, -0.2) is 28.9 Å². The first-order valence-corrected chi connectivity index (χ1v) is 12.8. The Kier molecular flexibility index (Phi) is 6.47. The number of anilines is 1. The summed E-state index contributed by atoms with van der Waals surface area (Å²) in [6.45, 7) is 6.27. The molecule has 2 aromatic heterocycles. The highest BCUT2D eigenvalue weighted by molar-refractivity contribution is 7.92. The van der Waals surface area contributed by atoms with Crippen LogP contribution in [0.15, 0.2) is 58.3 Å². The lowest BCUT2D eigenvalue weighted by atomic mass is 10.2. The van der Waals surface area contributed by atoms with Gasteiger partial charge < -0.3 is 9.88 Å². The summed E-state index contributed by atoms with van der Waals surface area (Å²) in [5.74, 6) is -0.0247. The minimum Gasteiger partial charge on any atom is -0.311 e. The Balaban J connectivity index is 2.07. The van der Waals surface area contributed by atoms with Crippen LogP contribution in [0.1, 0.15) is 45.1 Å². The fourth-order valence-corrected chi connectivity index (χ4v) is 5.38. The summed E-state index contributed by atoms with van der Waals surface area (Å²) in [4.78, 5) is 22.1. The molecular weight excluding hydrogens is 436 g/mol. The van der Waals surface area contributed by atoms with Crippen molar-refractivity contribution < 1.29 is 13.2 Å². The zero-order chi connectivity index (χ0) is 23.6. The predicted octanol–water partition coefficient (Wildman–Crippen LogP) is 5.26. The molecule has 0 saturated heterocycles. The number of nitrogens with zero attached hydrogens (tertiary/aromatic N) is 3. The number of nitrogens with one attached hydrogen (secondary N) is 1. The third-order valence-electron chi connectivity index (χ3n) is 5.67. The molecule has 8 heteroatoms. The summed E-state index contributed by atoms with van der Waals surface area (Å²) >= 11 is 0. The Bertz CT molecular complexity index is 1420. The second kappa shape index (κ2) is 9.31. The lowest BCUT2D eigenvalue weighted by Gasteiger charge is -2.13. The largest absolute Gasteiger partial charge is 0.311 e. The first-order chi connectivity index (χ1) is 15.9. The number of amides is 1. The molecular formula is C25H28N4O3S. The number of aryl methyl sites for hydroxylation is 2. The van der Waals surface area contributed by atoms with Gasteiger partial charge in [0.15, 0.2) is 5.65 Å². The monoisotopic (exact) mass is 464 g/mol. The van der Waals surface area contributed by atoms with Crippen LogP contribution in [0.5, 0.6) is 0 Å². The van der Waals surface area contributed by atoms with E-state index in [0.717, 1.165) is 24.8 Å². The molecule has 0 aliphatic carbocycles. The van der Waals surface area contributed by atoms with Gasteiger partial charge in [-0.2, -0.15) is 0 Å². The quantitative estimate of drug-likeness (QED) is 0.359. The van der Waals surface area contributed by atoms with Crippen molar-refractivity contribution in [2.24, 2.45) is 0 Å². The molecule has 0 spiro atoms. The number of carbonyl (C=O) groups excluding carboxylic acids is 1. The molecule has 0 fully saturated rings. The molecule has 0 atom stereocenters. The highest BCUT2D eigenvalue weighted by Crippen LogP contribution is 2.37. The van der Waals surface area contributed by atoms with Crippen molar-refractivity contribution in [3.63, 3.8) is 0 Å². The van der Waals surface area contributed by atoms with Crippen LogP contribution < -0.4 is 5.32 Å². The van der Waals surface area contributed by atoms with Crippen molar-refractivity contribution in [1.29, 1.82) is 0 Å². The zero-order valence-electron chi connectivity index (χ0n) is 19.1. The van der Waals surface area contributed by atoms with Crippen LogP contribution >= 0.6 is 0 Å². The zero-order valence-corrected chi connectivity index (χ0v) is 19.9. The fourth-order valence-electron chi connectivity index (χ4n) is 3.84. The van der Waals surface area contributed by atoms with Gasteiger partial charge in [0, 0.05) is 13.0 Å². The smallest absolute Gasteiger partial charge is 0.225 e. The van der Waals surface area contributed by atoms with Gasteiger partial charge in [0.1, 0.15) is 16.2 Å². The summed E-state index contributed by atoms with van der Waals surface area (Å²) in [5.41, 5.74) is 2.97. The van der Waals surface area contributed by atoms with Crippen molar-refractivity contribution >= 4 is 43.8 Å². The molecule has 2 heterocycles. The average Bonchev–Trinajstić information content (AvgIpc) is 3.10. The molecule has 2 aromatic carbocycles. The van der Waals surface area contributed by atoms with Crippen LogP contribution in [0.3, 0.4) is 0 Å². The minimum absolute atomic E-state index is 0.00194. The maximum Gasteiger partial charge on any atom is 0.225 e. The standard InChI is InChI=1S/C25H28N4O3S/c1-4-6-9-16-29-24-22(26-19-10-7-8-11-20(19)27-24)23(25(29)28-21(30)5-2)33(31,32)18-14-12-17(3)13-15-18/h7-8,10-15H,4-6,9,16H2,1-3H3,(H,28,30). The van der Waals surface area contributed by atoms with E-state index in [2.05, 4.69) is 12.2 Å². The van der Waals surface area contributed by atoms with Gasteiger partial charge in [-0.1, -0.05) is 56.5 Å². The van der Waals surface area contributed by atoms with E-state index in [-0.39, 0.29) is 33.5 Å². The van der Waals surface area contributed by atoms with Crippen molar-refractivity contribution in [2.75, 3.05) is 5.32 Å². The van der Waals surface area contributed by atoms with Crippen molar-refractivity contribution in [3.05, 3.63) is 54.1 Å². The van der Waals surface area contributed by atoms with Crippen LogP contribution in [-0.2, 0) is 21.2 Å². The summed E-state index contributed by atoms with van der Waals surface area (Å²) in [6.07, 6.45) is 3.04. The number of carbonyl (C=O) groups is 1. The second-order valence-corrected chi connectivity index (χ2v) is 10.0. The third kappa shape index (κ3) is 4.35. The number of rotatable bonds is 8. The maximum absolute atomic E-state index is 13.9. The molecule has 172 valence electrons. The molecule has 1 N–H and O–H groups in total. The summed E-state index contributed by atoms with van der Waals surface area (Å²) in [7, 11) is -3.98. The van der Waals surface area contributed by atoms with Gasteiger partial charge in [-0.05, 0) is 37.6 Å². The number of benzene rings is 2. The Morgan fingerprint density at radius 2 is 1.64 bits per heavy atom. The second-order valence-electron chi connectivity index (χ2n) is 8.14. The molecule has 0 saturated carbocycles. The number of hydrogen-bond acceptors (Lipinski definition) is 5. The third-order valence-corrected chi connectivity index (χ3v) is 7.49.